The summed E-state index contributed by atoms with van der Waals surface area (Å²) >= 11 is 0. The molecule has 6 heteroatoms. The lowest BCUT2D eigenvalue weighted by Crippen LogP contribution is -2.30. The zero-order chi connectivity index (χ0) is 14.8. The molecule has 0 bridgehead atoms. The summed E-state index contributed by atoms with van der Waals surface area (Å²) in [7, 11) is -3.28. The summed E-state index contributed by atoms with van der Waals surface area (Å²) in [6, 6.07) is 3.70. The molecule has 0 aliphatic carbocycles. The molecule has 0 fully saturated rings. The van der Waals surface area contributed by atoms with E-state index in [1.54, 1.807) is 6.92 Å². The van der Waals surface area contributed by atoms with Crippen molar-refractivity contribution >= 4 is 9.84 Å². The van der Waals surface area contributed by atoms with Gasteiger partial charge < -0.3 is 10.4 Å². The maximum Gasteiger partial charge on any atom is 0.178 e. The molecule has 4 nitrogen and oxygen atoms in total. The molecular formula is C14H20FNO3S. The van der Waals surface area contributed by atoms with E-state index in [2.05, 4.69) is 5.32 Å². The van der Waals surface area contributed by atoms with Crippen molar-refractivity contribution in [3.8, 4) is 0 Å². The third-order valence-corrected chi connectivity index (χ3v) is 5.36. The highest BCUT2D eigenvalue weighted by Gasteiger charge is 2.30. The summed E-state index contributed by atoms with van der Waals surface area (Å²) in [5.41, 5.74) is 0.522. The van der Waals surface area contributed by atoms with Crippen LogP contribution in [0.3, 0.4) is 0 Å². The van der Waals surface area contributed by atoms with Crippen LogP contribution in [0.4, 0.5) is 4.39 Å². The third-order valence-electron chi connectivity index (χ3n) is 3.55. The Kier molecular flexibility index (Phi) is 4.78. The van der Waals surface area contributed by atoms with Gasteiger partial charge in [0.15, 0.2) is 9.84 Å². The number of halogens is 1. The van der Waals surface area contributed by atoms with Crippen LogP contribution in [0.2, 0.25) is 0 Å². The molecule has 2 unspecified atom stereocenters. The van der Waals surface area contributed by atoms with Crippen molar-refractivity contribution < 1.29 is 17.9 Å². The minimum absolute atomic E-state index is 0.0830. The number of aliphatic hydroxyl groups is 1. The number of benzene rings is 1. The van der Waals surface area contributed by atoms with Crippen LogP contribution in [-0.2, 0) is 9.84 Å². The molecule has 2 rings (SSSR count). The summed E-state index contributed by atoms with van der Waals surface area (Å²) in [5, 5.41) is 12.5. The Hall–Kier alpha value is -0.980. The van der Waals surface area contributed by atoms with E-state index in [4.69, 9.17) is 0 Å². The van der Waals surface area contributed by atoms with Crippen LogP contribution in [0, 0.1) is 5.82 Å². The largest absolute Gasteiger partial charge is 0.393 e. The molecule has 1 aliphatic heterocycles. The molecule has 1 aromatic carbocycles. The SMILES string of the molecule is CC(O)CCCNC1CCS(=O)(=O)c2ccc(F)cc21. The maximum atomic E-state index is 13.4. The Morgan fingerprint density at radius 3 is 2.95 bits per heavy atom. The van der Waals surface area contributed by atoms with Gasteiger partial charge in [0.2, 0.25) is 0 Å². The predicted molar refractivity (Wildman–Crippen MR) is 74.7 cm³/mol. The van der Waals surface area contributed by atoms with Gasteiger partial charge in [-0.2, -0.15) is 0 Å². The van der Waals surface area contributed by atoms with Crippen molar-refractivity contribution in [2.75, 3.05) is 12.3 Å². The molecule has 1 aliphatic rings. The zero-order valence-electron chi connectivity index (χ0n) is 11.5. The van der Waals surface area contributed by atoms with Crippen LogP contribution in [-0.4, -0.2) is 31.9 Å². The van der Waals surface area contributed by atoms with Gasteiger partial charge in [-0.15, -0.1) is 0 Å². The molecule has 2 atom stereocenters. The second kappa shape index (κ2) is 6.20. The van der Waals surface area contributed by atoms with Crippen molar-refractivity contribution in [1.82, 2.24) is 5.32 Å². The van der Waals surface area contributed by atoms with Crippen LogP contribution < -0.4 is 5.32 Å². The Balaban J connectivity index is 2.11. The zero-order valence-corrected chi connectivity index (χ0v) is 12.3. The fourth-order valence-corrected chi connectivity index (χ4v) is 4.10. The van der Waals surface area contributed by atoms with Gasteiger partial charge in [-0.25, -0.2) is 12.8 Å². The molecule has 0 amide bonds. The topological polar surface area (TPSA) is 66.4 Å². The average Bonchev–Trinajstić information content (AvgIpc) is 2.36. The second-order valence-electron chi connectivity index (χ2n) is 5.29. The van der Waals surface area contributed by atoms with Gasteiger partial charge in [0.05, 0.1) is 16.8 Å². The highest BCUT2D eigenvalue weighted by Crippen LogP contribution is 2.32. The fourth-order valence-electron chi connectivity index (χ4n) is 2.50. The first-order valence-electron chi connectivity index (χ1n) is 6.84. The maximum absolute atomic E-state index is 13.4. The summed E-state index contributed by atoms with van der Waals surface area (Å²) in [6.45, 7) is 2.41. The minimum Gasteiger partial charge on any atom is -0.393 e. The van der Waals surface area contributed by atoms with Gasteiger partial charge in [0.25, 0.3) is 0 Å². The normalized spacial score (nSPS) is 22.2. The van der Waals surface area contributed by atoms with Crippen LogP contribution in [0.15, 0.2) is 23.1 Å². The molecule has 0 saturated heterocycles. The number of fused-ring (bicyclic) bond motifs is 1. The third kappa shape index (κ3) is 3.56. The van der Waals surface area contributed by atoms with Gasteiger partial charge in [-0.3, -0.25) is 0 Å². The smallest absolute Gasteiger partial charge is 0.178 e. The van der Waals surface area contributed by atoms with E-state index < -0.39 is 15.7 Å². The summed E-state index contributed by atoms with van der Waals surface area (Å²) < 4.78 is 37.3. The van der Waals surface area contributed by atoms with E-state index in [1.165, 1.54) is 18.2 Å². The van der Waals surface area contributed by atoms with Crippen LogP contribution in [0.5, 0.6) is 0 Å². The van der Waals surface area contributed by atoms with E-state index in [1.807, 2.05) is 0 Å². The summed E-state index contributed by atoms with van der Waals surface area (Å²) in [4.78, 5) is 0.234. The highest BCUT2D eigenvalue weighted by molar-refractivity contribution is 7.91. The van der Waals surface area contributed by atoms with Gasteiger partial charge >= 0.3 is 0 Å². The van der Waals surface area contributed by atoms with Crippen LogP contribution >= 0.6 is 0 Å². The minimum atomic E-state index is -3.28. The van der Waals surface area contributed by atoms with Crippen molar-refractivity contribution in [3.05, 3.63) is 29.6 Å². The number of nitrogens with one attached hydrogen (secondary N) is 1. The quantitative estimate of drug-likeness (QED) is 0.643. The Morgan fingerprint density at radius 1 is 1.50 bits per heavy atom. The second-order valence-corrected chi connectivity index (χ2v) is 7.37. The highest BCUT2D eigenvalue weighted by atomic mass is 32.2. The van der Waals surface area contributed by atoms with E-state index in [0.29, 0.717) is 24.9 Å². The number of hydrogen-bond acceptors (Lipinski definition) is 4. The lowest BCUT2D eigenvalue weighted by molar-refractivity contribution is 0.181. The number of sulfone groups is 1. The van der Waals surface area contributed by atoms with E-state index in [-0.39, 0.29) is 22.8 Å². The van der Waals surface area contributed by atoms with E-state index >= 15 is 0 Å². The first-order chi connectivity index (χ1) is 9.40. The molecule has 0 aromatic heterocycles. The lowest BCUT2D eigenvalue weighted by Gasteiger charge is -2.26. The van der Waals surface area contributed by atoms with E-state index in [9.17, 15) is 17.9 Å². The Morgan fingerprint density at radius 2 is 2.25 bits per heavy atom. The lowest BCUT2D eigenvalue weighted by atomic mass is 10.0. The molecule has 1 heterocycles. The molecule has 1 aromatic rings. The van der Waals surface area contributed by atoms with Crippen molar-refractivity contribution in [1.29, 1.82) is 0 Å². The monoisotopic (exact) mass is 301 g/mol. The number of aliphatic hydroxyl groups excluding tert-OH is 1. The molecule has 112 valence electrons. The first-order valence-corrected chi connectivity index (χ1v) is 8.49. The summed E-state index contributed by atoms with van der Waals surface area (Å²) in [5.74, 6) is -0.337. The molecular weight excluding hydrogens is 281 g/mol. The molecule has 0 radical (unpaired) electrons. The number of hydrogen-bond donors (Lipinski definition) is 2. The van der Waals surface area contributed by atoms with Crippen molar-refractivity contribution in [2.45, 2.75) is 43.2 Å². The van der Waals surface area contributed by atoms with Gasteiger partial charge in [-0.1, -0.05) is 0 Å². The average molecular weight is 301 g/mol. The van der Waals surface area contributed by atoms with Crippen LogP contribution in [0.1, 0.15) is 37.8 Å². The van der Waals surface area contributed by atoms with Crippen LogP contribution in [0.25, 0.3) is 0 Å². The fraction of sp³-hybridized carbons (Fsp3) is 0.571. The predicted octanol–water partition coefficient (Wildman–Crippen LogP) is 1.79. The van der Waals surface area contributed by atoms with E-state index in [0.717, 1.165) is 6.42 Å². The van der Waals surface area contributed by atoms with Gasteiger partial charge in [0.1, 0.15) is 5.82 Å². The molecule has 0 saturated carbocycles. The molecule has 0 spiro atoms. The van der Waals surface area contributed by atoms with Crippen molar-refractivity contribution in [3.63, 3.8) is 0 Å². The molecule has 20 heavy (non-hydrogen) atoms. The van der Waals surface area contributed by atoms with Crippen molar-refractivity contribution in [2.24, 2.45) is 0 Å². The first kappa shape index (κ1) is 15.4. The van der Waals surface area contributed by atoms with Gasteiger partial charge in [-0.05, 0) is 56.5 Å². The summed E-state index contributed by atoms with van der Waals surface area (Å²) in [6.07, 6.45) is 1.60. The Labute approximate surface area is 118 Å². The molecule has 2 N–H and O–H groups in total. The number of rotatable bonds is 5. The van der Waals surface area contributed by atoms with Gasteiger partial charge in [0, 0.05) is 6.04 Å². The standard InChI is InChI=1S/C14H20FNO3S/c1-10(17)3-2-7-16-13-6-8-20(18,19)14-5-4-11(15)9-12(13)14/h4-5,9-10,13,16-17H,2-3,6-8H2,1H3. The Bertz CT molecular complexity index is 572.